The summed E-state index contributed by atoms with van der Waals surface area (Å²) in [7, 11) is 3.35. The second-order valence-corrected chi connectivity index (χ2v) is 8.00. The summed E-state index contributed by atoms with van der Waals surface area (Å²) < 4.78 is 5.17. The molecule has 0 aliphatic carbocycles. The maximum absolute atomic E-state index is 13.2. The number of hydrogen-bond donors (Lipinski definition) is 1. The van der Waals surface area contributed by atoms with E-state index in [1.807, 2.05) is 37.3 Å². The van der Waals surface area contributed by atoms with E-state index in [0.717, 1.165) is 27.0 Å². The summed E-state index contributed by atoms with van der Waals surface area (Å²) in [5, 5.41) is 4.19. The predicted molar refractivity (Wildman–Crippen MR) is 120 cm³/mol. The molecule has 31 heavy (non-hydrogen) atoms. The Bertz CT molecular complexity index is 1210. The van der Waals surface area contributed by atoms with Gasteiger partial charge in [0.15, 0.2) is 0 Å². The number of nitrogens with zero attached hydrogens (tertiary/aromatic N) is 5. The fraction of sp³-hybridized carbons (Fsp3) is 0.227. The van der Waals surface area contributed by atoms with Crippen molar-refractivity contribution in [3.63, 3.8) is 0 Å². The third kappa shape index (κ3) is 4.46. The van der Waals surface area contributed by atoms with Crippen molar-refractivity contribution >= 4 is 33.3 Å². The minimum absolute atomic E-state index is 0.0630. The zero-order valence-corrected chi connectivity index (χ0v) is 18.3. The molecule has 158 valence electrons. The first-order valence-corrected chi connectivity index (χ1v) is 10.5. The van der Waals surface area contributed by atoms with Gasteiger partial charge in [0.1, 0.15) is 17.0 Å². The van der Waals surface area contributed by atoms with E-state index < -0.39 is 0 Å². The number of thiophene rings is 1. The van der Waals surface area contributed by atoms with Crippen LogP contribution in [0, 0.1) is 6.92 Å². The van der Waals surface area contributed by atoms with Crippen molar-refractivity contribution in [2.75, 3.05) is 19.5 Å². The van der Waals surface area contributed by atoms with Gasteiger partial charge in [-0.3, -0.25) is 9.78 Å². The molecule has 0 atom stereocenters. The molecule has 0 bridgehead atoms. The highest BCUT2D eigenvalue weighted by Crippen LogP contribution is 2.34. The topological polar surface area (TPSA) is 93.1 Å². The fourth-order valence-corrected chi connectivity index (χ4v) is 4.41. The van der Waals surface area contributed by atoms with E-state index in [2.05, 4.69) is 25.3 Å². The second-order valence-electron chi connectivity index (χ2n) is 7.00. The summed E-state index contributed by atoms with van der Waals surface area (Å²) in [5.41, 5.74) is 2.72. The Labute approximate surface area is 184 Å². The average molecular weight is 435 g/mol. The molecule has 1 amide bonds. The molecule has 1 N–H and O–H groups in total. The smallest absolute Gasteiger partial charge is 0.264 e. The van der Waals surface area contributed by atoms with Gasteiger partial charge in [0.25, 0.3) is 5.91 Å². The molecule has 4 heterocycles. The summed E-state index contributed by atoms with van der Waals surface area (Å²) in [6, 6.07) is 9.47. The summed E-state index contributed by atoms with van der Waals surface area (Å²) in [5.74, 6) is 1.16. The van der Waals surface area contributed by atoms with Crippen LogP contribution in [-0.4, -0.2) is 44.9 Å². The summed E-state index contributed by atoms with van der Waals surface area (Å²) in [4.78, 5) is 33.5. The van der Waals surface area contributed by atoms with Crippen molar-refractivity contribution in [3.8, 4) is 5.88 Å². The molecule has 0 spiro atoms. The Balaban J connectivity index is 1.57. The number of anilines is 1. The van der Waals surface area contributed by atoms with Gasteiger partial charge >= 0.3 is 0 Å². The lowest BCUT2D eigenvalue weighted by molar-refractivity contribution is 0.0789. The molecule has 4 rings (SSSR count). The first-order valence-electron chi connectivity index (χ1n) is 9.69. The minimum atomic E-state index is -0.0630. The van der Waals surface area contributed by atoms with Crippen LogP contribution in [0.15, 0.2) is 49.1 Å². The minimum Gasteiger partial charge on any atom is -0.481 e. The first-order chi connectivity index (χ1) is 15.1. The Morgan fingerprint density at radius 3 is 2.81 bits per heavy atom. The molecular weight excluding hydrogens is 412 g/mol. The number of pyridine rings is 2. The van der Waals surface area contributed by atoms with Gasteiger partial charge in [-0.2, -0.15) is 0 Å². The van der Waals surface area contributed by atoms with Crippen molar-refractivity contribution in [2.24, 2.45) is 0 Å². The Hall–Kier alpha value is -3.59. The number of methoxy groups -OCH3 is 1. The summed E-state index contributed by atoms with van der Waals surface area (Å²) in [6.45, 7) is 2.92. The second kappa shape index (κ2) is 9.05. The molecule has 8 nitrogen and oxygen atoms in total. The van der Waals surface area contributed by atoms with E-state index in [9.17, 15) is 4.79 Å². The van der Waals surface area contributed by atoms with E-state index in [1.54, 1.807) is 31.5 Å². The van der Waals surface area contributed by atoms with Crippen molar-refractivity contribution in [1.82, 2.24) is 24.8 Å². The number of ether oxygens (including phenoxy) is 1. The normalized spacial score (nSPS) is 10.8. The zero-order valence-electron chi connectivity index (χ0n) is 17.5. The first kappa shape index (κ1) is 20.7. The predicted octanol–water partition coefficient (Wildman–Crippen LogP) is 3.68. The lowest BCUT2D eigenvalue weighted by Gasteiger charge is -2.17. The number of amides is 1. The van der Waals surface area contributed by atoms with Crippen molar-refractivity contribution < 1.29 is 9.53 Å². The van der Waals surface area contributed by atoms with Crippen LogP contribution in [0.25, 0.3) is 10.2 Å². The van der Waals surface area contributed by atoms with Crippen molar-refractivity contribution in [2.45, 2.75) is 20.0 Å². The summed E-state index contributed by atoms with van der Waals surface area (Å²) in [6.07, 6.45) is 4.94. The SMILES string of the molecule is COc1cc(CN(C)C(=O)c2sc3ncnc(NCc4ccccn4)c3c2C)ccn1. The van der Waals surface area contributed by atoms with Crippen LogP contribution in [0.1, 0.15) is 26.5 Å². The maximum Gasteiger partial charge on any atom is 0.264 e. The van der Waals surface area contributed by atoms with Crippen molar-refractivity contribution in [1.29, 1.82) is 0 Å². The van der Waals surface area contributed by atoms with Crippen molar-refractivity contribution in [3.05, 3.63) is 70.8 Å². The van der Waals surface area contributed by atoms with Gasteiger partial charge in [-0.15, -0.1) is 11.3 Å². The highest BCUT2D eigenvalue weighted by molar-refractivity contribution is 7.20. The van der Waals surface area contributed by atoms with Gasteiger partial charge in [-0.05, 0) is 36.2 Å². The lowest BCUT2D eigenvalue weighted by atomic mass is 10.1. The van der Waals surface area contributed by atoms with E-state index >= 15 is 0 Å². The van der Waals surface area contributed by atoms with Gasteiger partial charge < -0.3 is 15.0 Å². The van der Waals surface area contributed by atoms with Gasteiger partial charge in [0.2, 0.25) is 5.88 Å². The average Bonchev–Trinajstić information content (AvgIpc) is 3.15. The standard InChI is InChI=1S/C22H22N6O2S/c1-14-18-20(25-11-16-6-4-5-8-23-16)26-13-27-21(18)31-19(14)22(29)28(2)12-15-7-9-24-17(10-15)30-3/h4-10,13H,11-12H2,1-3H3,(H,25,26,27). The summed E-state index contributed by atoms with van der Waals surface area (Å²) >= 11 is 1.38. The fourth-order valence-electron chi connectivity index (χ4n) is 3.27. The highest BCUT2D eigenvalue weighted by Gasteiger charge is 2.22. The van der Waals surface area contributed by atoms with Crippen LogP contribution in [0.2, 0.25) is 0 Å². The molecule has 0 saturated carbocycles. The van der Waals surface area contributed by atoms with Crippen LogP contribution in [-0.2, 0) is 13.1 Å². The maximum atomic E-state index is 13.2. The van der Waals surface area contributed by atoms with Gasteiger partial charge in [0, 0.05) is 32.1 Å². The Morgan fingerprint density at radius 2 is 2.03 bits per heavy atom. The number of fused-ring (bicyclic) bond motifs is 1. The molecule has 4 aromatic heterocycles. The monoisotopic (exact) mass is 434 g/mol. The largest absolute Gasteiger partial charge is 0.481 e. The lowest BCUT2D eigenvalue weighted by Crippen LogP contribution is -2.26. The molecule has 4 aromatic rings. The molecule has 0 unspecified atom stereocenters. The number of rotatable bonds is 7. The number of nitrogens with one attached hydrogen (secondary N) is 1. The molecule has 0 saturated heterocycles. The number of aryl methyl sites for hydroxylation is 1. The molecule has 0 radical (unpaired) electrons. The van der Waals surface area contributed by atoms with E-state index in [1.165, 1.54) is 17.7 Å². The molecule has 0 fully saturated rings. The van der Waals surface area contributed by atoms with E-state index in [4.69, 9.17) is 4.74 Å². The quantitative estimate of drug-likeness (QED) is 0.474. The molecule has 0 aromatic carbocycles. The van der Waals surface area contributed by atoms with Gasteiger partial charge in [-0.25, -0.2) is 15.0 Å². The number of hydrogen-bond acceptors (Lipinski definition) is 8. The number of carbonyl (C=O) groups is 1. The molecule has 9 heteroatoms. The zero-order chi connectivity index (χ0) is 21.8. The van der Waals surface area contributed by atoms with Gasteiger partial charge in [-0.1, -0.05) is 6.07 Å². The Morgan fingerprint density at radius 1 is 1.16 bits per heavy atom. The van der Waals surface area contributed by atoms with Crippen LogP contribution >= 0.6 is 11.3 Å². The number of carbonyl (C=O) groups excluding carboxylic acids is 1. The molecule has 0 aliphatic heterocycles. The van der Waals surface area contributed by atoms with Crippen LogP contribution in [0.3, 0.4) is 0 Å². The molecular formula is C22H22N6O2S. The van der Waals surface area contributed by atoms with Gasteiger partial charge in [0.05, 0.1) is 29.6 Å². The van der Waals surface area contributed by atoms with E-state index in [-0.39, 0.29) is 5.91 Å². The van der Waals surface area contributed by atoms with Crippen LogP contribution < -0.4 is 10.1 Å². The molecule has 0 aliphatic rings. The van der Waals surface area contributed by atoms with E-state index in [0.29, 0.717) is 29.7 Å². The van der Waals surface area contributed by atoms with Crippen LogP contribution in [0.4, 0.5) is 5.82 Å². The third-order valence-electron chi connectivity index (χ3n) is 4.86. The number of aromatic nitrogens is 4. The highest BCUT2D eigenvalue weighted by atomic mass is 32.1. The third-order valence-corrected chi connectivity index (χ3v) is 6.05. The Kier molecular flexibility index (Phi) is 6.03. The van der Waals surface area contributed by atoms with Crippen LogP contribution in [0.5, 0.6) is 5.88 Å².